The molecule has 100 valence electrons. The summed E-state index contributed by atoms with van der Waals surface area (Å²) in [5.41, 5.74) is -0.349. The van der Waals surface area contributed by atoms with E-state index in [1.54, 1.807) is 0 Å². The molecule has 1 fully saturated rings. The molecular weight excluding hydrogens is 260 g/mol. The zero-order valence-electron chi connectivity index (χ0n) is 9.59. The molecule has 0 bridgehead atoms. The molecule has 8 heteroatoms. The number of rotatable bonds is 4. The van der Waals surface area contributed by atoms with Crippen LogP contribution in [0.3, 0.4) is 0 Å². The predicted molar refractivity (Wildman–Crippen MR) is 62.8 cm³/mol. The molecule has 1 saturated heterocycles. The van der Waals surface area contributed by atoms with E-state index >= 15 is 0 Å². The number of nitrogens with one attached hydrogen (secondary N) is 2. The minimum Gasteiger partial charge on any atom is -0.376 e. The average Bonchev–Trinajstić information content (AvgIpc) is 2.38. The van der Waals surface area contributed by atoms with Gasteiger partial charge in [0.25, 0.3) is 0 Å². The van der Waals surface area contributed by atoms with E-state index in [4.69, 9.17) is 9.47 Å². The quantitative estimate of drug-likeness (QED) is 0.739. The molecule has 0 saturated carbocycles. The van der Waals surface area contributed by atoms with E-state index in [1.165, 1.54) is 6.07 Å². The van der Waals surface area contributed by atoms with Crippen molar-refractivity contribution in [1.82, 2.24) is 9.71 Å². The van der Waals surface area contributed by atoms with Crippen LogP contribution in [-0.4, -0.2) is 45.9 Å². The first-order valence-corrected chi connectivity index (χ1v) is 6.94. The van der Waals surface area contributed by atoms with Gasteiger partial charge in [-0.05, 0) is 6.07 Å². The maximum atomic E-state index is 11.9. The van der Waals surface area contributed by atoms with Gasteiger partial charge in [-0.1, -0.05) is 0 Å². The highest BCUT2D eigenvalue weighted by Gasteiger charge is 2.19. The van der Waals surface area contributed by atoms with Gasteiger partial charge in [-0.3, -0.25) is 4.79 Å². The van der Waals surface area contributed by atoms with Crippen LogP contribution in [0.25, 0.3) is 0 Å². The van der Waals surface area contributed by atoms with Gasteiger partial charge in [-0.25, -0.2) is 13.1 Å². The third-order valence-corrected chi connectivity index (χ3v) is 3.87. The van der Waals surface area contributed by atoms with Crippen molar-refractivity contribution in [2.24, 2.45) is 0 Å². The van der Waals surface area contributed by atoms with Gasteiger partial charge in [-0.2, -0.15) is 0 Å². The van der Waals surface area contributed by atoms with Crippen LogP contribution in [0.1, 0.15) is 0 Å². The van der Waals surface area contributed by atoms with E-state index in [2.05, 4.69) is 9.71 Å². The number of hydrogen-bond donors (Lipinski definition) is 2. The Morgan fingerprint density at radius 3 is 2.83 bits per heavy atom. The lowest BCUT2D eigenvalue weighted by Crippen LogP contribution is -2.39. The topological polar surface area (TPSA) is 97.5 Å². The lowest BCUT2D eigenvalue weighted by Gasteiger charge is -2.22. The van der Waals surface area contributed by atoms with Crippen LogP contribution in [0.4, 0.5) is 0 Å². The molecule has 2 heterocycles. The van der Waals surface area contributed by atoms with Crippen molar-refractivity contribution in [2.45, 2.75) is 11.0 Å². The minimum absolute atomic E-state index is 0.0128. The number of aromatic nitrogens is 1. The summed E-state index contributed by atoms with van der Waals surface area (Å²) < 4.78 is 36.6. The van der Waals surface area contributed by atoms with E-state index in [9.17, 15) is 13.2 Å². The smallest absolute Gasteiger partial charge is 0.247 e. The molecule has 1 aliphatic rings. The van der Waals surface area contributed by atoms with Gasteiger partial charge in [-0.15, -0.1) is 0 Å². The summed E-state index contributed by atoms with van der Waals surface area (Å²) in [6.45, 7) is 1.50. The monoisotopic (exact) mass is 274 g/mol. The number of aromatic amines is 1. The van der Waals surface area contributed by atoms with Gasteiger partial charge in [0.2, 0.25) is 15.6 Å². The minimum atomic E-state index is -3.63. The molecule has 7 nitrogen and oxygen atoms in total. The molecule has 1 aromatic heterocycles. The summed E-state index contributed by atoms with van der Waals surface area (Å²) in [5.74, 6) is 0. The first-order valence-electron chi connectivity index (χ1n) is 5.46. The van der Waals surface area contributed by atoms with Crippen LogP contribution >= 0.6 is 0 Å². The lowest BCUT2D eigenvalue weighted by atomic mass is 10.3. The average molecular weight is 274 g/mol. The Hall–Kier alpha value is -1.22. The highest BCUT2D eigenvalue weighted by Crippen LogP contribution is 2.05. The Labute approximate surface area is 104 Å². The van der Waals surface area contributed by atoms with Gasteiger partial charge in [0, 0.05) is 18.8 Å². The van der Waals surface area contributed by atoms with Crippen molar-refractivity contribution >= 4 is 10.0 Å². The highest BCUT2D eigenvalue weighted by molar-refractivity contribution is 7.89. The van der Waals surface area contributed by atoms with E-state index in [1.807, 2.05) is 0 Å². The number of ether oxygens (including phenoxy) is 2. The van der Waals surface area contributed by atoms with Crippen LogP contribution in [0.5, 0.6) is 0 Å². The summed E-state index contributed by atoms with van der Waals surface area (Å²) in [5, 5.41) is 0. The molecule has 0 spiro atoms. The third-order valence-electron chi connectivity index (χ3n) is 2.45. The van der Waals surface area contributed by atoms with Crippen LogP contribution < -0.4 is 10.3 Å². The fourth-order valence-corrected chi connectivity index (χ4v) is 2.54. The Kier molecular flexibility index (Phi) is 4.12. The number of hydrogen-bond acceptors (Lipinski definition) is 5. The molecule has 2 rings (SSSR count). The second-order valence-electron chi connectivity index (χ2n) is 3.81. The molecule has 18 heavy (non-hydrogen) atoms. The van der Waals surface area contributed by atoms with Crippen molar-refractivity contribution in [3.05, 3.63) is 28.7 Å². The van der Waals surface area contributed by atoms with Crippen molar-refractivity contribution < 1.29 is 17.9 Å². The Balaban J connectivity index is 1.98. The number of H-pyrrole nitrogens is 1. The number of pyridine rings is 1. The molecule has 0 radical (unpaired) electrons. The van der Waals surface area contributed by atoms with E-state index in [0.29, 0.717) is 19.8 Å². The molecule has 0 aromatic carbocycles. The van der Waals surface area contributed by atoms with Crippen LogP contribution in [-0.2, 0) is 19.5 Å². The molecule has 2 N–H and O–H groups in total. The SMILES string of the molecule is O=c1ccc(S(=O)(=O)NCC2COCCO2)c[nH]1. The van der Waals surface area contributed by atoms with Gasteiger partial charge in [0.15, 0.2) is 0 Å². The highest BCUT2D eigenvalue weighted by atomic mass is 32.2. The van der Waals surface area contributed by atoms with Gasteiger partial charge in [0.05, 0.1) is 30.8 Å². The summed E-state index contributed by atoms with van der Waals surface area (Å²) in [6, 6.07) is 2.41. The van der Waals surface area contributed by atoms with Crippen LogP contribution in [0, 0.1) is 0 Å². The normalized spacial score (nSPS) is 20.8. The molecule has 1 unspecified atom stereocenters. The van der Waals surface area contributed by atoms with Crippen LogP contribution in [0.2, 0.25) is 0 Å². The maximum absolute atomic E-state index is 11.9. The molecule has 1 aliphatic heterocycles. The summed E-state index contributed by atoms with van der Waals surface area (Å²) in [4.78, 5) is 13.2. The van der Waals surface area contributed by atoms with Crippen molar-refractivity contribution in [3.8, 4) is 0 Å². The van der Waals surface area contributed by atoms with E-state index in [-0.39, 0.29) is 23.1 Å². The van der Waals surface area contributed by atoms with E-state index in [0.717, 1.165) is 12.3 Å². The fraction of sp³-hybridized carbons (Fsp3) is 0.500. The Bertz CT molecular complexity index is 527. The van der Waals surface area contributed by atoms with Crippen LogP contribution in [0.15, 0.2) is 28.0 Å². The Morgan fingerprint density at radius 1 is 1.39 bits per heavy atom. The first kappa shape index (κ1) is 13.2. The summed E-state index contributed by atoms with van der Waals surface area (Å²) in [7, 11) is -3.63. The predicted octanol–water partition coefficient (Wildman–Crippen LogP) is -0.931. The molecular formula is C10H14N2O5S. The second kappa shape index (κ2) is 5.61. The molecule has 0 aliphatic carbocycles. The second-order valence-corrected chi connectivity index (χ2v) is 5.58. The third kappa shape index (κ3) is 3.39. The summed E-state index contributed by atoms with van der Waals surface area (Å²) >= 11 is 0. The largest absolute Gasteiger partial charge is 0.376 e. The molecule has 1 atom stereocenters. The van der Waals surface area contributed by atoms with Crippen molar-refractivity contribution in [2.75, 3.05) is 26.4 Å². The van der Waals surface area contributed by atoms with Gasteiger partial charge >= 0.3 is 0 Å². The Morgan fingerprint density at radius 2 is 2.22 bits per heavy atom. The number of sulfonamides is 1. The van der Waals surface area contributed by atoms with Crippen molar-refractivity contribution in [1.29, 1.82) is 0 Å². The van der Waals surface area contributed by atoms with Gasteiger partial charge in [0.1, 0.15) is 0 Å². The van der Waals surface area contributed by atoms with E-state index < -0.39 is 10.0 Å². The zero-order valence-corrected chi connectivity index (χ0v) is 10.4. The fourth-order valence-electron chi connectivity index (χ4n) is 1.50. The van der Waals surface area contributed by atoms with Gasteiger partial charge < -0.3 is 14.5 Å². The maximum Gasteiger partial charge on any atom is 0.247 e. The first-order chi connectivity index (χ1) is 8.58. The van der Waals surface area contributed by atoms with Crippen molar-refractivity contribution in [3.63, 3.8) is 0 Å². The zero-order chi connectivity index (χ0) is 13.0. The lowest BCUT2D eigenvalue weighted by molar-refractivity contribution is -0.0846. The molecule has 1 aromatic rings. The summed E-state index contributed by atoms with van der Waals surface area (Å²) in [6.07, 6.45) is 0.874. The molecule has 0 amide bonds. The standard InChI is InChI=1S/C10H14N2O5S/c13-10-2-1-9(6-11-10)18(14,15)12-5-8-7-16-3-4-17-8/h1-2,6,8,12H,3-5,7H2,(H,11,13).